The maximum Gasteiger partial charge on any atom is 0.355 e. The van der Waals surface area contributed by atoms with Crippen molar-refractivity contribution in [2.75, 3.05) is 11.9 Å². The molecule has 0 radical (unpaired) electrons. The van der Waals surface area contributed by atoms with E-state index in [-0.39, 0.29) is 17.2 Å². The molecular weight excluding hydrogens is 296 g/mol. The van der Waals surface area contributed by atoms with Gasteiger partial charge in [-0.1, -0.05) is 0 Å². The first-order valence-corrected chi connectivity index (χ1v) is 6.88. The van der Waals surface area contributed by atoms with E-state index in [0.717, 1.165) is 0 Å². The smallest absolute Gasteiger partial charge is 0.355 e. The number of hydrogen-bond donors (Lipinski definition) is 2. The summed E-state index contributed by atoms with van der Waals surface area (Å²) in [6, 6.07) is 1.45. The summed E-state index contributed by atoms with van der Waals surface area (Å²) in [4.78, 5) is 29.1. The van der Waals surface area contributed by atoms with Gasteiger partial charge in [0.05, 0.1) is 9.93 Å². The fraction of sp³-hybridized carbons (Fsp3) is 0.250. The minimum absolute atomic E-state index is 0.00874. The van der Waals surface area contributed by atoms with Crippen molar-refractivity contribution in [3.05, 3.63) is 44.0 Å². The van der Waals surface area contributed by atoms with E-state index in [2.05, 4.69) is 15.3 Å². The van der Waals surface area contributed by atoms with Gasteiger partial charge in [-0.05, 0) is 12.5 Å². The highest BCUT2D eigenvalue weighted by molar-refractivity contribution is 7.09. The number of pyridine rings is 1. The largest absolute Gasteiger partial charge is 0.476 e. The number of carbonyl (C=O) groups is 1. The van der Waals surface area contributed by atoms with Crippen molar-refractivity contribution in [1.29, 1.82) is 0 Å². The molecule has 0 atom stereocenters. The summed E-state index contributed by atoms with van der Waals surface area (Å²) in [5.41, 5.74) is 0.632. The number of carboxylic acids is 1. The SMILES string of the molecule is Cc1cnc(NCCc2nc(C(=O)O)cs2)c([N+](=O)[O-])c1. The first-order valence-electron chi connectivity index (χ1n) is 6.00. The van der Waals surface area contributed by atoms with Crippen LogP contribution in [-0.4, -0.2) is 32.5 Å². The van der Waals surface area contributed by atoms with Crippen LogP contribution in [0, 0.1) is 17.0 Å². The molecule has 21 heavy (non-hydrogen) atoms. The molecule has 0 aliphatic carbocycles. The maximum atomic E-state index is 10.9. The molecule has 0 unspecified atom stereocenters. The quantitative estimate of drug-likeness (QED) is 0.619. The van der Waals surface area contributed by atoms with Crippen LogP contribution in [0.2, 0.25) is 0 Å². The minimum atomic E-state index is -1.07. The van der Waals surface area contributed by atoms with Gasteiger partial charge in [0.15, 0.2) is 5.69 Å². The number of nitrogens with one attached hydrogen (secondary N) is 1. The topological polar surface area (TPSA) is 118 Å². The predicted molar refractivity (Wildman–Crippen MR) is 76.9 cm³/mol. The molecule has 2 rings (SSSR count). The fourth-order valence-electron chi connectivity index (χ4n) is 1.64. The third-order valence-corrected chi connectivity index (χ3v) is 3.51. The molecule has 110 valence electrons. The van der Waals surface area contributed by atoms with Crippen LogP contribution in [0.15, 0.2) is 17.6 Å². The number of thiazole rings is 1. The van der Waals surface area contributed by atoms with E-state index in [1.807, 2.05) is 0 Å². The van der Waals surface area contributed by atoms with E-state index in [4.69, 9.17) is 5.11 Å². The standard InChI is InChI=1S/C12H12N4O4S/c1-7-4-9(16(19)20)11(14-5-7)13-3-2-10-15-8(6-21-10)12(17)18/h4-6H,2-3H2,1H3,(H,13,14)(H,17,18). The van der Waals surface area contributed by atoms with Gasteiger partial charge < -0.3 is 10.4 Å². The van der Waals surface area contributed by atoms with Crippen LogP contribution in [0.3, 0.4) is 0 Å². The lowest BCUT2D eigenvalue weighted by atomic mass is 10.3. The minimum Gasteiger partial charge on any atom is -0.476 e. The summed E-state index contributed by atoms with van der Waals surface area (Å²) in [6.45, 7) is 2.11. The van der Waals surface area contributed by atoms with Gasteiger partial charge in [-0.25, -0.2) is 14.8 Å². The van der Waals surface area contributed by atoms with Crippen molar-refractivity contribution in [3.8, 4) is 0 Å². The Morgan fingerprint density at radius 3 is 2.95 bits per heavy atom. The summed E-state index contributed by atoms with van der Waals surface area (Å²) in [5, 5.41) is 24.7. The Labute approximate surface area is 123 Å². The average molecular weight is 308 g/mol. The summed E-state index contributed by atoms with van der Waals surface area (Å²) in [5.74, 6) is -0.873. The van der Waals surface area contributed by atoms with Crippen molar-refractivity contribution < 1.29 is 14.8 Å². The molecule has 0 amide bonds. The number of rotatable bonds is 6. The van der Waals surface area contributed by atoms with Gasteiger partial charge in [0.1, 0.15) is 0 Å². The van der Waals surface area contributed by atoms with Crippen molar-refractivity contribution in [3.63, 3.8) is 0 Å². The molecule has 2 N–H and O–H groups in total. The maximum absolute atomic E-state index is 10.9. The Morgan fingerprint density at radius 2 is 2.33 bits per heavy atom. The van der Waals surface area contributed by atoms with E-state index in [0.29, 0.717) is 23.5 Å². The van der Waals surface area contributed by atoms with E-state index >= 15 is 0 Å². The number of aromatic nitrogens is 2. The lowest BCUT2D eigenvalue weighted by Crippen LogP contribution is -2.09. The van der Waals surface area contributed by atoms with Crippen molar-refractivity contribution in [1.82, 2.24) is 9.97 Å². The van der Waals surface area contributed by atoms with Gasteiger partial charge in [-0.15, -0.1) is 11.3 Å². The van der Waals surface area contributed by atoms with E-state index in [1.165, 1.54) is 22.8 Å². The average Bonchev–Trinajstić information content (AvgIpc) is 2.89. The Hall–Kier alpha value is -2.55. The molecule has 0 aliphatic heterocycles. The molecule has 0 bridgehead atoms. The van der Waals surface area contributed by atoms with Crippen molar-refractivity contribution in [2.24, 2.45) is 0 Å². The third-order valence-electron chi connectivity index (χ3n) is 2.60. The Kier molecular flexibility index (Phi) is 4.43. The van der Waals surface area contributed by atoms with Gasteiger partial charge in [-0.2, -0.15) is 0 Å². The van der Waals surface area contributed by atoms with Crippen LogP contribution >= 0.6 is 11.3 Å². The third kappa shape index (κ3) is 3.72. The highest BCUT2D eigenvalue weighted by Crippen LogP contribution is 2.22. The number of aryl methyl sites for hydroxylation is 1. The van der Waals surface area contributed by atoms with Gasteiger partial charge in [0.2, 0.25) is 5.82 Å². The summed E-state index contributed by atoms with van der Waals surface area (Å²) < 4.78 is 0. The fourth-order valence-corrected chi connectivity index (χ4v) is 2.41. The second-order valence-electron chi connectivity index (χ2n) is 4.25. The molecule has 0 aromatic carbocycles. The lowest BCUT2D eigenvalue weighted by molar-refractivity contribution is -0.384. The number of nitro groups is 1. The molecule has 0 spiro atoms. The van der Waals surface area contributed by atoms with Crippen LogP contribution in [0.5, 0.6) is 0 Å². The molecule has 9 heteroatoms. The van der Waals surface area contributed by atoms with Crippen LogP contribution in [0.25, 0.3) is 0 Å². The second-order valence-corrected chi connectivity index (χ2v) is 5.19. The zero-order valence-electron chi connectivity index (χ0n) is 11.1. The second kappa shape index (κ2) is 6.27. The number of anilines is 1. The van der Waals surface area contributed by atoms with Crippen LogP contribution in [0.4, 0.5) is 11.5 Å². The molecular formula is C12H12N4O4S. The van der Waals surface area contributed by atoms with Gasteiger partial charge in [-0.3, -0.25) is 10.1 Å². The van der Waals surface area contributed by atoms with Crippen molar-refractivity contribution in [2.45, 2.75) is 13.3 Å². The molecule has 2 aromatic heterocycles. The molecule has 0 aliphatic rings. The van der Waals surface area contributed by atoms with E-state index in [1.54, 1.807) is 13.1 Å². The highest BCUT2D eigenvalue weighted by atomic mass is 32.1. The number of hydrogen-bond acceptors (Lipinski definition) is 7. The first kappa shape index (κ1) is 14.9. The van der Waals surface area contributed by atoms with Crippen LogP contribution < -0.4 is 5.32 Å². The number of carboxylic acid groups (broad SMARTS) is 1. The lowest BCUT2D eigenvalue weighted by Gasteiger charge is -2.05. The molecule has 0 saturated carbocycles. The first-order chi connectivity index (χ1) is 9.97. The number of nitrogens with zero attached hydrogens (tertiary/aromatic N) is 3. The summed E-state index contributed by atoms with van der Waals surface area (Å²) >= 11 is 1.24. The predicted octanol–water partition coefficient (Wildman–Crippen LogP) is 2.11. The van der Waals surface area contributed by atoms with E-state index < -0.39 is 10.9 Å². The Bertz CT molecular complexity index is 686. The van der Waals surface area contributed by atoms with Crippen LogP contribution in [0.1, 0.15) is 21.1 Å². The summed E-state index contributed by atoms with van der Waals surface area (Å²) in [7, 11) is 0. The zero-order chi connectivity index (χ0) is 15.4. The normalized spacial score (nSPS) is 10.3. The van der Waals surface area contributed by atoms with Gasteiger partial charge in [0, 0.05) is 30.6 Å². The van der Waals surface area contributed by atoms with Gasteiger partial charge >= 0.3 is 11.7 Å². The molecule has 8 nitrogen and oxygen atoms in total. The Balaban J connectivity index is 2.00. The van der Waals surface area contributed by atoms with Gasteiger partial charge in [0.25, 0.3) is 0 Å². The van der Waals surface area contributed by atoms with Crippen molar-refractivity contribution >= 4 is 28.8 Å². The monoisotopic (exact) mass is 308 g/mol. The summed E-state index contributed by atoms with van der Waals surface area (Å²) in [6.07, 6.45) is 2.01. The highest BCUT2D eigenvalue weighted by Gasteiger charge is 2.15. The zero-order valence-corrected chi connectivity index (χ0v) is 11.9. The van der Waals surface area contributed by atoms with E-state index in [9.17, 15) is 14.9 Å². The molecule has 0 saturated heterocycles. The Morgan fingerprint density at radius 1 is 1.57 bits per heavy atom. The molecule has 2 heterocycles. The molecule has 0 fully saturated rings. The molecule has 2 aromatic rings. The number of aromatic carboxylic acids is 1. The van der Waals surface area contributed by atoms with Crippen LogP contribution in [-0.2, 0) is 6.42 Å².